The van der Waals surface area contributed by atoms with E-state index in [4.69, 9.17) is 17.3 Å². The first kappa shape index (κ1) is 13.9. The van der Waals surface area contributed by atoms with Crippen LogP contribution in [0.15, 0.2) is 18.2 Å². The third-order valence-corrected chi connectivity index (χ3v) is 2.65. The van der Waals surface area contributed by atoms with Gasteiger partial charge in [0.15, 0.2) is 17.5 Å². The van der Waals surface area contributed by atoms with Crippen LogP contribution in [0.25, 0.3) is 0 Å². The molecule has 0 aliphatic carbocycles. The van der Waals surface area contributed by atoms with Gasteiger partial charge in [-0.2, -0.15) is 5.10 Å². The fraction of sp³-hybridized carbons (Fsp3) is 0. The van der Waals surface area contributed by atoms with E-state index in [1.165, 1.54) is 6.07 Å². The van der Waals surface area contributed by atoms with E-state index in [2.05, 4.69) is 15.5 Å². The molecule has 0 saturated carbocycles. The zero-order valence-electron chi connectivity index (χ0n) is 9.71. The van der Waals surface area contributed by atoms with Crippen molar-refractivity contribution in [3.05, 3.63) is 46.1 Å². The maximum atomic E-state index is 13.1. The number of aromatic amines is 1. The molecule has 0 bridgehead atoms. The first-order valence-electron chi connectivity index (χ1n) is 5.19. The number of aromatic nitrogens is 2. The van der Waals surface area contributed by atoms with Crippen LogP contribution in [-0.4, -0.2) is 22.0 Å². The first-order chi connectivity index (χ1) is 9.38. The maximum Gasteiger partial charge on any atom is 0.266 e. The molecule has 0 fully saturated rings. The molecule has 0 unspecified atom stereocenters. The monoisotopic (exact) mass is 300 g/mol. The van der Waals surface area contributed by atoms with Gasteiger partial charge in [-0.15, -0.1) is 0 Å². The van der Waals surface area contributed by atoms with Crippen LogP contribution in [0.2, 0.25) is 5.02 Å². The summed E-state index contributed by atoms with van der Waals surface area (Å²) in [6.45, 7) is 0. The average molecular weight is 301 g/mol. The molecule has 104 valence electrons. The largest absolute Gasteiger partial charge is 0.364 e. The normalized spacial score (nSPS) is 10.3. The molecule has 9 heteroatoms. The predicted molar refractivity (Wildman–Crippen MR) is 66.4 cm³/mol. The SMILES string of the molecule is NC(=O)c1cc(NC(=O)c2cc(F)c(F)cc2Cl)n[nH]1. The van der Waals surface area contributed by atoms with Crippen molar-refractivity contribution in [3.8, 4) is 0 Å². The van der Waals surface area contributed by atoms with Gasteiger partial charge < -0.3 is 11.1 Å². The molecular weight excluding hydrogens is 294 g/mol. The fourth-order valence-corrected chi connectivity index (χ4v) is 1.63. The highest BCUT2D eigenvalue weighted by Crippen LogP contribution is 2.21. The molecule has 0 saturated heterocycles. The van der Waals surface area contributed by atoms with Gasteiger partial charge in [-0.05, 0) is 12.1 Å². The van der Waals surface area contributed by atoms with Gasteiger partial charge in [0.2, 0.25) is 0 Å². The Labute approximate surface area is 115 Å². The Hall–Kier alpha value is -2.48. The highest BCUT2D eigenvalue weighted by molar-refractivity contribution is 6.34. The molecule has 4 N–H and O–H groups in total. The summed E-state index contributed by atoms with van der Waals surface area (Å²) in [5.41, 5.74) is 4.71. The van der Waals surface area contributed by atoms with Gasteiger partial charge in [-0.3, -0.25) is 14.7 Å². The van der Waals surface area contributed by atoms with E-state index < -0.39 is 23.4 Å². The number of H-pyrrole nitrogens is 1. The van der Waals surface area contributed by atoms with Crippen LogP contribution in [0.5, 0.6) is 0 Å². The number of nitrogens with one attached hydrogen (secondary N) is 2. The van der Waals surface area contributed by atoms with Crippen molar-refractivity contribution in [1.29, 1.82) is 0 Å². The second-order valence-electron chi connectivity index (χ2n) is 3.73. The van der Waals surface area contributed by atoms with Gasteiger partial charge in [-0.25, -0.2) is 8.78 Å². The van der Waals surface area contributed by atoms with Crippen molar-refractivity contribution in [3.63, 3.8) is 0 Å². The number of rotatable bonds is 3. The van der Waals surface area contributed by atoms with E-state index in [1.807, 2.05) is 0 Å². The number of carbonyl (C=O) groups is 2. The third kappa shape index (κ3) is 2.75. The maximum absolute atomic E-state index is 13.1. The van der Waals surface area contributed by atoms with Gasteiger partial charge in [0.05, 0.1) is 10.6 Å². The Morgan fingerprint density at radius 3 is 2.50 bits per heavy atom. The quantitative estimate of drug-likeness (QED) is 0.752. The molecule has 1 aromatic heterocycles. The van der Waals surface area contributed by atoms with Crippen LogP contribution in [-0.2, 0) is 0 Å². The van der Waals surface area contributed by atoms with Crippen molar-refractivity contribution in [2.24, 2.45) is 5.73 Å². The van der Waals surface area contributed by atoms with Crippen molar-refractivity contribution in [2.45, 2.75) is 0 Å². The fourth-order valence-electron chi connectivity index (χ4n) is 1.39. The zero-order chi connectivity index (χ0) is 14.9. The molecule has 2 aromatic rings. The molecular formula is C11H7ClF2N4O2. The number of hydrogen-bond acceptors (Lipinski definition) is 3. The molecule has 1 aromatic carbocycles. The molecule has 0 atom stereocenters. The van der Waals surface area contributed by atoms with E-state index >= 15 is 0 Å². The van der Waals surface area contributed by atoms with Gasteiger partial charge in [0, 0.05) is 6.07 Å². The van der Waals surface area contributed by atoms with E-state index in [0.717, 1.165) is 0 Å². The lowest BCUT2D eigenvalue weighted by Gasteiger charge is -2.04. The lowest BCUT2D eigenvalue weighted by Crippen LogP contribution is -2.13. The smallest absolute Gasteiger partial charge is 0.266 e. The number of nitrogens with two attached hydrogens (primary N) is 1. The molecule has 20 heavy (non-hydrogen) atoms. The molecule has 2 amide bonds. The van der Waals surface area contributed by atoms with Crippen LogP contribution in [0, 0.1) is 11.6 Å². The zero-order valence-corrected chi connectivity index (χ0v) is 10.5. The highest BCUT2D eigenvalue weighted by Gasteiger charge is 2.16. The van der Waals surface area contributed by atoms with Crippen LogP contribution in [0.4, 0.5) is 14.6 Å². The number of amides is 2. The van der Waals surface area contributed by atoms with Crippen LogP contribution in [0.3, 0.4) is 0 Å². The van der Waals surface area contributed by atoms with Crippen LogP contribution < -0.4 is 11.1 Å². The third-order valence-electron chi connectivity index (χ3n) is 2.34. The Balaban J connectivity index is 2.23. The van der Waals surface area contributed by atoms with E-state index in [9.17, 15) is 18.4 Å². The first-order valence-corrected chi connectivity index (χ1v) is 5.57. The summed E-state index contributed by atoms with van der Waals surface area (Å²) in [7, 11) is 0. The minimum atomic E-state index is -1.21. The van der Waals surface area contributed by atoms with Crippen LogP contribution >= 0.6 is 11.6 Å². The van der Waals surface area contributed by atoms with E-state index in [1.54, 1.807) is 0 Å². The standard InChI is InChI=1S/C11H7ClF2N4O2/c12-5-2-7(14)6(13)1-4(5)11(20)16-9-3-8(10(15)19)17-18-9/h1-3H,(H2,15,19)(H2,16,17,18,20). The number of hydrogen-bond donors (Lipinski definition) is 3. The number of benzene rings is 1. The lowest BCUT2D eigenvalue weighted by atomic mass is 10.2. The minimum Gasteiger partial charge on any atom is -0.364 e. The Kier molecular flexibility index (Phi) is 3.66. The summed E-state index contributed by atoms with van der Waals surface area (Å²) in [6, 6.07) is 2.54. The highest BCUT2D eigenvalue weighted by atomic mass is 35.5. The van der Waals surface area contributed by atoms with E-state index in [-0.39, 0.29) is 22.1 Å². The number of primary amides is 1. The molecule has 0 aliphatic heterocycles. The Morgan fingerprint density at radius 2 is 1.90 bits per heavy atom. The molecule has 0 aliphatic rings. The number of anilines is 1. The van der Waals surface area contributed by atoms with Crippen LogP contribution in [0.1, 0.15) is 20.8 Å². The second-order valence-corrected chi connectivity index (χ2v) is 4.14. The lowest BCUT2D eigenvalue weighted by molar-refractivity contribution is 0.0993. The van der Waals surface area contributed by atoms with Gasteiger partial charge in [0.25, 0.3) is 11.8 Å². The number of halogens is 3. The van der Waals surface area contributed by atoms with E-state index in [0.29, 0.717) is 12.1 Å². The summed E-state index contributed by atoms with van der Waals surface area (Å²) >= 11 is 5.65. The van der Waals surface area contributed by atoms with Crippen molar-refractivity contribution in [2.75, 3.05) is 5.32 Å². The molecule has 0 radical (unpaired) electrons. The minimum absolute atomic E-state index is 0.00963. The number of nitrogens with zero attached hydrogens (tertiary/aromatic N) is 1. The van der Waals surface area contributed by atoms with Crippen molar-refractivity contribution >= 4 is 29.2 Å². The summed E-state index contributed by atoms with van der Waals surface area (Å²) in [4.78, 5) is 22.7. The molecule has 1 heterocycles. The summed E-state index contributed by atoms with van der Waals surface area (Å²) in [5, 5.41) is 7.90. The second kappa shape index (κ2) is 5.25. The molecule has 0 spiro atoms. The average Bonchev–Trinajstić information content (AvgIpc) is 2.82. The predicted octanol–water partition coefficient (Wildman–Crippen LogP) is 1.69. The Bertz CT molecular complexity index is 702. The summed E-state index contributed by atoms with van der Waals surface area (Å²) < 4.78 is 26.0. The summed E-state index contributed by atoms with van der Waals surface area (Å²) in [6.07, 6.45) is 0. The number of carbonyl (C=O) groups excluding carboxylic acids is 2. The van der Waals surface area contributed by atoms with Crippen molar-refractivity contribution < 1.29 is 18.4 Å². The Morgan fingerprint density at radius 1 is 1.25 bits per heavy atom. The summed E-state index contributed by atoms with van der Waals surface area (Å²) in [5.74, 6) is -3.95. The van der Waals surface area contributed by atoms with Gasteiger partial charge in [-0.1, -0.05) is 11.6 Å². The van der Waals surface area contributed by atoms with Gasteiger partial charge >= 0.3 is 0 Å². The van der Waals surface area contributed by atoms with Gasteiger partial charge in [0.1, 0.15) is 5.69 Å². The molecule has 6 nitrogen and oxygen atoms in total. The topological polar surface area (TPSA) is 101 Å². The van der Waals surface area contributed by atoms with Crippen molar-refractivity contribution in [1.82, 2.24) is 10.2 Å². The molecule has 2 rings (SSSR count).